The Morgan fingerprint density at radius 1 is 0.962 bits per heavy atom. The number of amides is 1. The van der Waals surface area contributed by atoms with Crippen molar-refractivity contribution in [1.82, 2.24) is 5.32 Å². The van der Waals surface area contributed by atoms with Gasteiger partial charge in [-0.3, -0.25) is 4.79 Å². The summed E-state index contributed by atoms with van der Waals surface area (Å²) in [6.45, 7) is 2.98. The van der Waals surface area contributed by atoms with Crippen LogP contribution in [0.4, 0.5) is 5.69 Å². The number of benzene rings is 2. The molecule has 0 aliphatic carbocycles. The van der Waals surface area contributed by atoms with Crippen LogP contribution in [0.25, 0.3) is 0 Å². The van der Waals surface area contributed by atoms with Crippen LogP contribution in [0.3, 0.4) is 0 Å². The number of para-hydroxylation sites is 1. The Hall–Kier alpha value is -2.33. The lowest BCUT2D eigenvalue weighted by atomic mass is 10.2. The van der Waals surface area contributed by atoms with Gasteiger partial charge in [-0.1, -0.05) is 48.5 Å². The fraction of sp³-hybridized carbons (Fsp3) is 0.409. The predicted molar refractivity (Wildman–Crippen MR) is 108 cm³/mol. The highest BCUT2D eigenvalue weighted by molar-refractivity contribution is 5.75. The third-order valence-electron chi connectivity index (χ3n) is 4.26. The van der Waals surface area contributed by atoms with Gasteiger partial charge in [0.05, 0.1) is 6.61 Å². The highest BCUT2D eigenvalue weighted by Gasteiger charge is 2.02. The van der Waals surface area contributed by atoms with E-state index in [1.54, 1.807) is 0 Å². The van der Waals surface area contributed by atoms with Crippen molar-refractivity contribution in [2.45, 2.75) is 25.7 Å². The van der Waals surface area contributed by atoms with Crippen molar-refractivity contribution in [3.63, 3.8) is 0 Å². The number of ether oxygens (including phenoxy) is 1. The first-order valence-corrected chi connectivity index (χ1v) is 9.40. The number of carbonyl (C=O) groups is 1. The second kappa shape index (κ2) is 12.1. The first kappa shape index (κ1) is 20.0. The SMILES string of the molecule is CN(CCCNC(=O)CCCOCCc1ccccc1)c1ccccc1. The molecule has 0 unspecified atom stereocenters. The van der Waals surface area contributed by atoms with Crippen LogP contribution in [0.5, 0.6) is 0 Å². The Morgan fingerprint density at radius 2 is 1.65 bits per heavy atom. The molecule has 0 aliphatic heterocycles. The van der Waals surface area contributed by atoms with Gasteiger partial charge in [0.1, 0.15) is 0 Å². The minimum absolute atomic E-state index is 0.110. The van der Waals surface area contributed by atoms with Crippen molar-refractivity contribution in [3.05, 3.63) is 66.2 Å². The molecule has 4 heteroatoms. The van der Waals surface area contributed by atoms with Crippen LogP contribution >= 0.6 is 0 Å². The van der Waals surface area contributed by atoms with Crippen molar-refractivity contribution < 1.29 is 9.53 Å². The van der Waals surface area contributed by atoms with E-state index in [4.69, 9.17) is 4.74 Å². The highest BCUT2D eigenvalue weighted by Crippen LogP contribution is 2.10. The molecule has 0 heterocycles. The van der Waals surface area contributed by atoms with Crippen molar-refractivity contribution in [1.29, 1.82) is 0 Å². The number of hydrogen-bond acceptors (Lipinski definition) is 3. The van der Waals surface area contributed by atoms with E-state index >= 15 is 0 Å². The molecule has 2 aromatic carbocycles. The summed E-state index contributed by atoms with van der Waals surface area (Å²) in [7, 11) is 2.07. The van der Waals surface area contributed by atoms with Crippen LogP contribution in [0.15, 0.2) is 60.7 Å². The minimum Gasteiger partial charge on any atom is -0.381 e. The van der Waals surface area contributed by atoms with Crippen LogP contribution in [0.2, 0.25) is 0 Å². The molecule has 1 amide bonds. The second-order valence-electron chi connectivity index (χ2n) is 6.41. The Balaban J connectivity index is 1.44. The van der Waals surface area contributed by atoms with Crippen LogP contribution in [0.1, 0.15) is 24.8 Å². The van der Waals surface area contributed by atoms with Gasteiger partial charge in [0, 0.05) is 38.9 Å². The van der Waals surface area contributed by atoms with E-state index in [2.05, 4.69) is 41.5 Å². The standard InChI is InChI=1S/C22H30N2O2/c1-24(21-12-6-3-7-13-21)17-9-16-23-22(25)14-8-18-26-19-15-20-10-4-2-5-11-20/h2-7,10-13H,8-9,14-19H2,1H3,(H,23,25). The Bertz CT molecular complexity index is 617. The van der Waals surface area contributed by atoms with Gasteiger partial charge in [-0.2, -0.15) is 0 Å². The maximum atomic E-state index is 11.8. The predicted octanol–water partition coefficient (Wildman–Crippen LogP) is 3.67. The molecular weight excluding hydrogens is 324 g/mol. The maximum absolute atomic E-state index is 11.8. The van der Waals surface area contributed by atoms with Crippen LogP contribution < -0.4 is 10.2 Å². The molecule has 2 aromatic rings. The molecule has 0 bridgehead atoms. The number of hydrogen-bond donors (Lipinski definition) is 1. The molecule has 0 radical (unpaired) electrons. The van der Waals surface area contributed by atoms with Crippen molar-refractivity contribution in [2.75, 3.05) is 38.3 Å². The molecular formula is C22H30N2O2. The summed E-state index contributed by atoms with van der Waals surface area (Å²) in [6, 6.07) is 20.6. The average molecular weight is 354 g/mol. The Morgan fingerprint density at radius 3 is 2.38 bits per heavy atom. The number of rotatable bonds is 12. The summed E-state index contributed by atoms with van der Waals surface area (Å²) in [5.41, 5.74) is 2.48. The van der Waals surface area contributed by atoms with Gasteiger partial charge in [0.25, 0.3) is 0 Å². The molecule has 0 aromatic heterocycles. The summed E-state index contributed by atoms with van der Waals surface area (Å²) in [5, 5.41) is 2.99. The molecule has 0 atom stereocenters. The van der Waals surface area contributed by atoms with E-state index < -0.39 is 0 Å². The maximum Gasteiger partial charge on any atom is 0.220 e. The van der Waals surface area contributed by atoms with E-state index in [1.807, 2.05) is 36.4 Å². The molecule has 26 heavy (non-hydrogen) atoms. The summed E-state index contributed by atoms with van der Waals surface area (Å²) >= 11 is 0. The monoisotopic (exact) mass is 354 g/mol. The van der Waals surface area contributed by atoms with Crippen molar-refractivity contribution in [2.24, 2.45) is 0 Å². The first-order chi connectivity index (χ1) is 12.8. The van der Waals surface area contributed by atoms with Gasteiger partial charge < -0.3 is 15.0 Å². The number of anilines is 1. The van der Waals surface area contributed by atoms with Gasteiger partial charge in [-0.15, -0.1) is 0 Å². The number of nitrogens with one attached hydrogen (secondary N) is 1. The summed E-state index contributed by atoms with van der Waals surface area (Å²) in [6.07, 6.45) is 3.15. The molecule has 1 N–H and O–H groups in total. The van der Waals surface area contributed by atoms with Crippen LogP contribution in [0, 0.1) is 0 Å². The summed E-state index contributed by atoms with van der Waals surface area (Å²) in [5.74, 6) is 0.110. The molecule has 0 spiro atoms. The normalized spacial score (nSPS) is 10.5. The lowest BCUT2D eigenvalue weighted by molar-refractivity contribution is -0.121. The number of carbonyl (C=O) groups excluding carboxylic acids is 1. The third kappa shape index (κ3) is 8.17. The van der Waals surface area contributed by atoms with Gasteiger partial charge >= 0.3 is 0 Å². The molecule has 4 nitrogen and oxygen atoms in total. The van der Waals surface area contributed by atoms with E-state index in [1.165, 1.54) is 11.3 Å². The van der Waals surface area contributed by atoms with E-state index in [0.717, 1.165) is 25.8 Å². The fourth-order valence-electron chi connectivity index (χ4n) is 2.72. The highest BCUT2D eigenvalue weighted by atomic mass is 16.5. The van der Waals surface area contributed by atoms with Gasteiger partial charge in [-0.05, 0) is 37.0 Å². The molecule has 2 rings (SSSR count). The van der Waals surface area contributed by atoms with Crippen molar-refractivity contribution in [3.8, 4) is 0 Å². The smallest absolute Gasteiger partial charge is 0.220 e. The lowest BCUT2D eigenvalue weighted by Crippen LogP contribution is -2.28. The molecule has 0 saturated heterocycles. The van der Waals surface area contributed by atoms with E-state index in [0.29, 0.717) is 26.2 Å². The average Bonchev–Trinajstić information content (AvgIpc) is 2.69. The molecule has 0 aliphatic rings. The van der Waals surface area contributed by atoms with Crippen molar-refractivity contribution >= 4 is 11.6 Å². The quantitative estimate of drug-likeness (QED) is 0.591. The fourth-order valence-corrected chi connectivity index (χ4v) is 2.72. The Kier molecular flexibility index (Phi) is 9.30. The van der Waals surface area contributed by atoms with Crippen LogP contribution in [-0.4, -0.2) is 39.3 Å². The topological polar surface area (TPSA) is 41.6 Å². The number of nitrogens with zero attached hydrogens (tertiary/aromatic N) is 1. The van der Waals surface area contributed by atoms with Gasteiger partial charge in [0.2, 0.25) is 5.91 Å². The largest absolute Gasteiger partial charge is 0.381 e. The molecule has 0 fully saturated rings. The lowest BCUT2D eigenvalue weighted by Gasteiger charge is -2.19. The first-order valence-electron chi connectivity index (χ1n) is 9.40. The van der Waals surface area contributed by atoms with E-state index in [-0.39, 0.29) is 5.91 Å². The minimum atomic E-state index is 0.110. The molecule has 0 saturated carbocycles. The summed E-state index contributed by atoms with van der Waals surface area (Å²) < 4.78 is 5.61. The van der Waals surface area contributed by atoms with Gasteiger partial charge in [0.15, 0.2) is 0 Å². The zero-order valence-electron chi connectivity index (χ0n) is 15.7. The zero-order chi connectivity index (χ0) is 18.5. The Labute approximate surface area is 157 Å². The van der Waals surface area contributed by atoms with E-state index in [9.17, 15) is 4.79 Å². The summed E-state index contributed by atoms with van der Waals surface area (Å²) in [4.78, 5) is 14.0. The third-order valence-corrected chi connectivity index (χ3v) is 4.26. The van der Waals surface area contributed by atoms with Crippen LogP contribution in [-0.2, 0) is 16.0 Å². The second-order valence-corrected chi connectivity index (χ2v) is 6.41. The zero-order valence-corrected chi connectivity index (χ0v) is 15.7. The molecule has 140 valence electrons. The van der Waals surface area contributed by atoms with Gasteiger partial charge in [-0.25, -0.2) is 0 Å².